The zero-order valence-corrected chi connectivity index (χ0v) is 20.1. The van der Waals surface area contributed by atoms with Crippen LogP contribution in [0.2, 0.25) is 5.02 Å². The average Bonchev–Trinajstić information content (AvgIpc) is 3.43. The van der Waals surface area contributed by atoms with Gasteiger partial charge in [0.1, 0.15) is 17.6 Å². The number of nitrogens with zero attached hydrogens (tertiary/aromatic N) is 5. The summed E-state index contributed by atoms with van der Waals surface area (Å²) in [5, 5.41) is 10.2. The summed E-state index contributed by atoms with van der Waals surface area (Å²) in [6.07, 6.45) is 7.29. The van der Waals surface area contributed by atoms with E-state index in [2.05, 4.69) is 25.9 Å². The minimum Gasteiger partial charge on any atom is -0.454 e. The molecule has 1 aliphatic heterocycles. The lowest BCUT2D eigenvalue weighted by Crippen LogP contribution is -2.51. The summed E-state index contributed by atoms with van der Waals surface area (Å²) in [4.78, 5) is 28.5. The molecule has 4 aromatic rings. The molecule has 8 nitrogen and oxygen atoms in total. The van der Waals surface area contributed by atoms with Crippen LogP contribution in [0.25, 0.3) is 0 Å². The predicted molar refractivity (Wildman–Crippen MR) is 136 cm³/mol. The standard InChI is InChI=1S/C27H23ClN6O2/c28-21-3-1-4-22(13-21)34-10-9-33(17-27(34)35)25(24-16-31-18-32-24)11-19-6-7-20(14-29)26(12-19)36-23-5-2-8-30-15-23/h1-8,12-13,15-16,18,25H,9-11,17H2,(H,31,32). The first kappa shape index (κ1) is 23.5. The van der Waals surface area contributed by atoms with Gasteiger partial charge in [-0.3, -0.25) is 14.7 Å². The number of aromatic nitrogens is 3. The number of rotatable bonds is 7. The molecule has 36 heavy (non-hydrogen) atoms. The number of nitrogens with one attached hydrogen (secondary N) is 1. The number of hydrogen-bond acceptors (Lipinski definition) is 6. The number of ether oxygens (including phenoxy) is 1. The van der Waals surface area contributed by atoms with Crippen molar-refractivity contribution in [2.24, 2.45) is 0 Å². The number of amides is 1. The van der Waals surface area contributed by atoms with E-state index >= 15 is 0 Å². The Morgan fingerprint density at radius 3 is 2.75 bits per heavy atom. The molecule has 1 atom stereocenters. The number of carbonyl (C=O) groups is 1. The summed E-state index contributed by atoms with van der Waals surface area (Å²) in [5.41, 5.74) is 3.12. The molecule has 0 bridgehead atoms. The summed E-state index contributed by atoms with van der Waals surface area (Å²) in [6.45, 7) is 1.48. The van der Waals surface area contributed by atoms with Gasteiger partial charge in [0.25, 0.3) is 0 Å². The Kier molecular flexibility index (Phi) is 6.94. The van der Waals surface area contributed by atoms with Gasteiger partial charge in [-0.15, -0.1) is 0 Å². The Morgan fingerprint density at radius 1 is 1.11 bits per heavy atom. The fourth-order valence-corrected chi connectivity index (χ4v) is 4.57. The maximum Gasteiger partial charge on any atom is 0.241 e. The lowest BCUT2D eigenvalue weighted by Gasteiger charge is -2.38. The van der Waals surface area contributed by atoms with Gasteiger partial charge in [-0.05, 0) is 54.4 Å². The van der Waals surface area contributed by atoms with Crippen molar-refractivity contribution in [3.63, 3.8) is 0 Å². The number of carbonyl (C=O) groups excluding carboxylic acids is 1. The number of nitriles is 1. The second kappa shape index (κ2) is 10.6. The molecule has 0 saturated carbocycles. The number of hydrogen-bond donors (Lipinski definition) is 1. The fraction of sp³-hybridized carbons (Fsp3) is 0.185. The highest BCUT2D eigenvalue weighted by Crippen LogP contribution is 2.31. The van der Waals surface area contributed by atoms with Gasteiger partial charge < -0.3 is 14.6 Å². The highest BCUT2D eigenvalue weighted by molar-refractivity contribution is 6.30. The zero-order valence-electron chi connectivity index (χ0n) is 19.3. The Balaban J connectivity index is 1.38. The van der Waals surface area contributed by atoms with Crippen molar-refractivity contribution in [2.45, 2.75) is 12.5 Å². The van der Waals surface area contributed by atoms with E-state index in [1.807, 2.05) is 30.3 Å². The highest BCUT2D eigenvalue weighted by atomic mass is 35.5. The van der Waals surface area contributed by atoms with Crippen LogP contribution in [-0.4, -0.2) is 45.4 Å². The molecular weight excluding hydrogens is 476 g/mol. The zero-order chi connectivity index (χ0) is 24.9. The van der Waals surface area contributed by atoms with Gasteiger partial charge in [-0.25, -0.2) is 4.98 Å². The van der Waals surface area contributed by atoms with Gasteiger partial charge in [-0.1, -0.05) is 23.7 Å². The van der Waals surface area contributed by atoms with Crippen LogP contribution in [0.4, 0.5) is 5.69 Å². The van der Waals surface area contributed by atoms with Gasteiger partial charge in [0.05, 0.1) is 36.4 Å². The molecule has 2 aromatic carbocycles. The lowest BCUT2D eigenvalue weighted by molar-refractivity contribution is -0.122. The quantitative estimate of drug-likeness (QED) is 0.394. The summed E-state index contributed by atoms with van der Waals surface area (Å²) in [5.74, 6) is 1.03. The molecule has 1 fully saturated rings. The number of aromatic amines is 1. The highest BCUT2D eigenvalue weighted by Gasteiger charge is 2.31. The van der Waals surface area contributed by atoms with Gasteiger partial charge in [0, 0.05) is 36.2 Å². The molecule has 1 saturated heterocycles. The molecule has 0 spiro atoms. The molecule has 1 N–H and O–H groups in total. The van der Waals surface area contributed by atoms with Crippen LogP contribution < -0.4 is 9.64 Å². The third-order valence-corrected chi connectivity index (χ3v) is 6.38. The van der Waals surface area contributed by atoms with Crippen LogP contribution in [0.3, 0.4) is 0 Å². The van der Waals surface area contributed by atoms with E-state index < -0.39 is 0 Å². The van der Waals surface area contributed by atoms with E-state index in [1.54, 1.807) is 54.1 Å². The number of anilines is 1. The second-order valence-corrected chi connectivity index (χ2v) is 8.89. The monoisotopic (exact) mass is 498 g/mol. The molecule has 180 valence electrons. The minimum atomic E-state index is -0.114. The molecule has 0 aliphatic carbocycles. The van der Waals surface area contributed by atoms with Crippen LogP contribution in [0.15, 0.2) is 79.5 Å². The molecule has 0 radical (unpaired) electrons. The first-order chi connectivity index (χ1) is 17.6. The van der Waals surface area contributed by atoms with Crippen LogP contribution in [0.1, 0.15) is 22.9 Å². The first-order valence-corrected chi connectivity index (χ1v) is 11.9. The molecule has 1 unspecified atom stereocenters. The van der Waals surface area contributed by atoms with Crippen molar-refractivity contribution in [3.8, 4) is 17.6 Å². The molecule has 1 amide bonds. The van der Waals surface area contributed by atoms with Crippen molar-refractivity contribution in [3.05, 3.63) is 101 Å². The summed E-state index contributed by atoms with van der Waals surface area (Å²) < 4.78 is 5.96. The Bertz CT molecular complexity index is 1390. The topological polar surface area (TPSA) is 98.1 Å². The van der Waals surface area contributed by atoms with Crippen LogP contribution in [0, 0.1) is 11.3 Å². The van der Waals surface area contributed by atoms with Crippen molar-refractivity contribution in [1.29, 1.82) is 5.26 Å². The van der Waals surface area contributed by atoms with E-state index in [9.17, 15) is 10.1 Å². The number of benzene rings is 2. The van der Waals surface area contributed by atoms with Gasteiger partial charge in [-0.2, -0.15) is 5.26 Å². The number of halogens is 1. The molecular formula is C27H23ClN6O2. The average molecular weight is 499 g/mol. The maximum atomic E-state index is 13.1. The van der Waals surface area contributed by atoms with E-state index in [0.717, 1.165) is 16.9 Å². The number of pyridine rings is 1. The second-order valence-electron chi connectivity index (χ2n) is 8.46. The third kappa shape index (κ3) is 5.23. The number of piperazine rings is 1. The van der Waals surface area contributed by atoms with E-state index in [4.69, 9.17) is 16.3 Å². The van der Waals surface area contributed by atoms with Crippen molar-refractivity contribution < 1.29 is 9.53 Å². The number of imidazole rings is 1. The fourth-order valence-electron chi connectivity index (χ4n) is 4.39. The summed E-state index contributed by atoms with van der Waals surface area (Å²) in [6, 6.07) is 18.5. The van der Waals surface area contributed by atoms with Gasteiger partial charge in [0.2, 0.25) is 5.91 Å². The third-order valence-electron chi connectivity index (χ3n) is 6.15. The van der Waals surface area contributed by atoms with Crippen molar-refractivity contribution in [2.75, 3.05) is 24.5 Å². The van der Waals surface area contributed by atoms with Crippen molar-refractivity contribution >= 4 is 23.2 Å². The Hall–Kier alpha value is -4.19. The smallest absolute Gasteiger partial charge is 0.241 e. The van der Waals surface area contributed by atoms with Gasteiger partial charge in [0.15, 0.2) is 0 Å². The van der Waals surface area contributed by atoms with E-state index in [1.165, 1.54) is 0 Å². The van der Waals surface area contributed by atoms with Gasteiger partial charge >= 0.3 is 0 Å². The van der Waals surface area contributed by atoms with Crippen LogP contribution in [0.5, 0.6) is 11.5 Å². The first-order valence-electron chi connectivity index (χ1n) is 11.5. The molecule has 5 rings (SSSR count). The minimum absolute atomic E-state index is 0.00783. The van der Waals surface area contributed by atoms with Crippen molar-refractivity contribution in [1.82, 2.24) is 19.9 Å². The number of H-pyrrole nitrogens is 1. The largest absolute Gasteiger partial charge is 0.454 e. The Morgan fingerprint density at radius 2 is 2.03 bits per heavy atom. The molecule has 1 aliphatic rings. The molecule has 9 heteroatoms. The van der Waals surface area contributed by atoms with E-state index in [0.29, 0.717) is 41.6 Å². The molecule has 3 heterocycles. The maximum absolute atomic E-state index is 13.1. The predicted octanol–water partition coefficient (Wildman–Crippen LogP) is 4.75. The lowest BCUT2D eigenvalue weighted by atomic mass is 9.99. The normalized spacial score (nSPS) is 14.9. The SMILES string of the molecule is N#Cc1ccc(CC(c2cnc[nH]2)N2CCN(c3cccc(Cl)c3)C(=O)C2)cc1Oc1cccnc1. The molecule has 2 aromatic heterocycles. The van der Waals surface area contributed by atoms with E-state index in [-0.39, 0.29) is 18.5 Å². The van der Waals surface area contributed by atoms with Crippen LogP contribution >= 0.6 is 11.6 Å². The Labute approximate surface area is 213 Å². The summed E-state index contributed by atoms with van der Waals surface area (Å²) in [7, 11) is 0. The van der Waals surface area contributed by atoms with Crippen LogP contribution in [-0.2, 0) is 11.2 Å². The summed E-state index contributed by atoms with van der Waals surface area (Å²) >= 11 is 6.14.